The minimum atomic E-state index is -1.19. The van der Waals surface area contributed by atoms with E-state index in [-0.39, 0.29) is 29.2 Å². The summed E-state index contributed by atoms with van der Waals surface area (Å²) in [6.07, 6.45) is 10.2. The molecule has 1 saturated heterocycles. The van der Waals surface area contributed by atoms with Crippen LogP contribution in [0.1, 0.15) is 54.1 Å². The van der Waals surface area contributed by atoms with Crippen LogP contribution in [0.15, 0.2) is 49.4 Å². The van der Waals surface area contributed by atoms with Gasteiger partial charge in [-0.1, -0.05) is 12.7 Å². The molecule has 1 saturated carbocycles. The van der Waals surface area contributed by atoms with Crippen LogP contribution in [0.2, 0.25) is 0 Å². The molecule has 2 aromatic heterocycles. The van der Waals surface area contributed by atoms with E-state index in [9.17, 15) is 23.9 Å². The summed E-state index contributed by atoms with van der Waals surface area (Å²) in [5, 5.41) is 18.8. The van der Waals surface area contributed by atoms with Gasteiger partial charge >= 0.3 is 5.97 Å². The van der Waals surface area contributed by atoms with Gasteiger partial charge in [-0.25, -0.2) is 19.2 Å². The topological polar surface area (TPSA) is 126 Å². The van der Waals surface area contributed by atoms with Gasteiger partial charge in [0.25, 0.3) is 0 Å². The van der Waals surface area contributed by atoms with Crippen molar-refractivity contribution < 1.29 is 28.2 Å². The number of carboxylic acid groups (broad SMARTS) is 1. The number of hydrogen-bond acceptors (Lipinski definition) is 8. The Labute approximate surface area is 242 Å². The number of aromatic nitrogens is 4. The molecule has 3 heterocycles. The van der Waals surface area contributed by atoms with Gasteiger partial charge in [0.05, 0.1) is 37.1 Å². The normalized spacial score (nSPS) is 16.4. The van der Waals surface area contributed by atoms with Crippen molar-refractivity contribution in [3.8, 4) is 11.9 Å². The fourth-order valence-corrected chi connectivity index (χ4v) is 5.03. The van der Waals surface area contributed by atoms with E-state index in [4.69, 9.17) is 9.47 Å². The van der Waals surface area contributed by atoms with Crippen LogP contribution in [0.25, 0.3) is 11.0 Å². The Balaban J connectivity index is 0.00000198. The van der Waals surface area contributed by atoms with Crippen molar-refractivity contribution >= 4 is 17.0 Å². The maximum Gasteiger partial charge on any atom is 0.335 e. The Kier molecular flexibility index (Phi) is 10.2. The smallest absolute Gasteiger partial charge is 0.335 e. The average Bonchev–Trinajstić information content (AvgIpc) is 3.67. The lowest BCUT2D eigenvalue weighted by Crippen LogP contribution is -2.38. The summed E-state index contributed by atoms with van der Waals surface area (Å²) in [5.74, 6) is -0.156. The third kappa shape index (κ3) is 7.47. The first kappa shape index (κ1) is 30.6. The van der Waals surface area contributed by atoms with E-state index in [2.05, 4.69) is 32.5 Å². The molecule has 1 aromatic carbocycles. The molecule has 42 heavy (non-hydrogen) atoms. The highest BCUT2D eigenvalue weighted by molar-refractivity contribution is 5.92. The number of imidazole rings is 1. The van der Waals surface area contributed by atoms with E-state index in [1.165, 1.54) is 12.3 Å². The molecule has 1 N–H and O–H groups in total. The van der Waals surface area contributed by atoms with E-state index in [0.29, 0.717) is 49.7 Å². The van der Waals surface area contributed by atoms with Gasteiger partial charge in [0, 0.05) is 43.7 Å². The van der Waals surface area contributed by atoms with Crippen molar-refractivity contribution in [3.05, 3.63) is 72.4 Å². The van der Waals surface area contributed by atoms with E-state index in [1.54, 1.807) is 24.4 Å². The largest absolute Gasteiger partial charge is 0.493 e. The number of alkyl halides is 1. The zero-order chi connectivity index (χ0) is 30.1. The molecule has 0 spiro atoms. The first-order valence-corrected chi connectivity index (χ1v) is 13.7. The van der Waals surface area contributed by atoms with E-state index < -0.39 is 11.8 Å². The number of nitriles is 1. The van der Waals surface area contributed by atoms with Gasteiger partial charge in [0.15, 0.2) is 11.6 Å². The number of aromatic carboxylic acids is 1. The summed E-state index contributed by atoms with van der Waals surface area (Å²) in [6, 6.07) is 6.49. The van der Waals surface area contributed by atoms with Crippen LogP contribution in [-0.2, 0) is 24.4 Å². The maximum absolute atomic E-state index is 14.9. The third-order valence-electron chi connectivity index (χ3n) is 7.43. The lowest BCUT2D eigenvalue weighted by atomic mass is 10.0. The molecule has 0 radical (unpaired) electrons. The van der Waals surface area contributed by atoms with Crippen LogP contribution in [0.3, 0.4) is 0 Å². The highest BCUT2D eigenvalue weighted by Gasteiger charge is 2.43. The summed E-state index contributed by atoms with van der Waals surface area (Å²) >= 11 is 0. The summed E-state index contributed by atoms with van der Waals surface area (Å²) in [6.45, 7) is 6.30. The molecule has 10 nitrogen and oxygen atoms in total. The average molecular weight is 581 g/mol. The summed E-state index contributed by atoms with van der Waals surface area (Å²) in [4.78, 5) is 27.1. The lowest BCUT2D eigenvalue weighted by Gasteiger charge is -2.31. The van der Waals surface area contributed by atoms with Crippen LogP contribution < -0.4 is 4.74 Å². The number of carboxylic acids is 1. The summed E-state index contributed by atoms with van der Waals surface area (Å²) in [7, 11) is 0.500. The number of fused-ring (bicyclic) bond motifs is 1. The Morgan fingerprint density at radius 2 is 2.05 bits per heavy atom. The molecular formula is C30H34F2N6O4. The molecule has 2 fully saturated rings. The number of rotatable bonds is 12. The molecular weight excluding hydrogens is 546 g/mol. The predicted molar refractivity (Wildman–Crippen MR) is 151 cm³/mol. The molecule has 2 aliphatic rings. The minimum Gasteiger partial charge on any atom is -0.493 e. The third-order valence-corrected chi connectivity index (χ3v) is 7.43. The molecule has 0 bridgehead atoms. The number of carbonyl (C=O) groups is 1. The molecule has 1 aliphatic heterocycles. The van der Waals surface area contributed by atoms with Gasteiger partial charge in [-0.3, -0.25) is 9.29 Å². The number of piperidine rings is 1. The number of ether oxygens (including phenoxy) is 2. The van der Waals surface area contributed by atoms with Gasteiger partial charge in [-0.15, -0.1) is 0 Å². The van der Waals surface area contributed by atoms with Crippen LogP contribution >= 0.6 is 0 Å². The Bertz CT molecular complexity index is 1470. The lowest BCUT2D eigenvalue weighted by molar-refractivity contribution is 0.0696. The monoisotopic (exact) mass is 580 g/mol. The molecule has 5 rings (SSSR count). The second-order valence-electron chi connectivity index (χ2n) is 10.4. The SMILES string of the molecule is C=C/C=C/OCc1nccc(OC2CCN(Cc3nc4c(F)cc(C(=O)O)cc4n3CC3(CC#N)CC3)CC2)n1.CF. The second kappa shape index (κ2) is 14.0. The van der Waals surface area contributed by atoms with Gasteiger partial charge in [-0.2, -0.15) is 10.2 Å². The number of allylic oxidation sites excluding steroid dienone is 2. The zero-order valence-electron chi connectivity index (χ0n) is 23.5. The molecule has 3 aromatic rings. The number of halogens is 2. The highest BCUT2D eigenvalue weighted by atomic mass is 19.1. The van der Waals surface area contributed by atoms with E-state index >= 15 is 0 Å². The molecule has 12 heteroatoms. The van der Waals surface area contributed by atoms with Crippen molar-refractivity contribution in [2.24, 2.45) is 5.41 Å². The summed E-state index contributed by atoms with van der Waals surface area (Å²) < 4.78 is 37.8. The fourth-order valence-electron chi connectivity index (χ4n) is 5.03. The van der Waals surface area contributed by atoms with Gasteiger partial charge < -0.3 is 19.1 Å². The molecule has 0 atom stereocenters. The fraction of sp³-hybridized carbons (Fsp3) is 0.433. The zero-order valence-corrected chi connectivity index (χ0v) is 23.5. The Morgan fingerprint density at radius 3 is 2.71 bits per heavy atom. The van der Waals surface area contributed by atoms with Crippen LogP contribution in [-0.4, -0.2) is 61.9 Å². The standard InChI is InChI=1S/C29H31FN6O4.CH3F/c1-2-3-14-39-18-24-32-11-4-26(33-24)40-21-5-12-35(13-6-21)17-25-34-27-22(30)15-20(28(37)38)16-23(27)36(25)19-29(7-8-29)9-10-31;1-2/h2-4,11,14-16,21H,1,5-9,12-13,17-19H2,(H,37,38);1H3/b14-3+;. The van der Waals surface area contributed by atoms with Gasteiger partial charge in [0.1, 0.15) is 24.1 Å². The number of hydrogen-bond donors (Lipinski definition) is 1. The molecule has 222 valence electrons. The summed E-state index contributed by atoms with van der Waals surface area (Å²) in [5.41, 5.74) is 0.332. The van der Waals surface area contributed by atoms with Crippen molar-refractivity contribution in [1.29, 1.82) is 5.26 Å². The molecule has 0 amide bonds. The second-order valence-corrected chi connectivity index (χ2v) is 10.4. The number of nitrogens with zero attached hydrogens (tertiary/aromatic N) is 6. The van der Waals surface area contributed by atoms with Gasteiger partial charge in [-0.05, 0) is 43.9 Å². The highest BCUT2D eigenvalue weighted by Crippen LogP contribution is 2.50. The molecule has 1 aliphatic carbocycles. The van der Waals surface area contributed by atoms with Crippen molar-refractivity contribution in [2.75, 3.05) is 20.3 Å². The quantitative estimate of drug-likeness (QED) is 0.227. The predicted octanol–water partition coefficient (Wildman–Crippen LogP) is 5.20. The maximum atomic E-state index is 14.9. The first-order chi connectivity index (χ1) is 20.4. The van der Waals surface area contributed by atoms with Crippen molar-refractivity contribution in [2.45, 2.75) is 57.9 Å². The van der Waals surface area contributed by atoms with Gasteiger partial charge in [0.2, 0.25) is 5.88 Å². The first-order valence-electron chi connectivity index (χ1n) is 13.7. The van der Waals surface area contributed by atoms with E-state index in [1.807, 2.05) is 4.57 Å². The minimum absolute atomic E-state index is 0.0136. The van der Waals surface area contributed by atoms with Crippen LogP contribution in [0.4, 0.5) is 8.78 Å². The molecule has 0 unspecified atom stereocenters. The number of likely N-dealkylation sites (tertiary alicyclic amines) is 1. The van der Waals surface area contributed by atoms with E-state index in [0.717, 1.165) is 44.8 Å². The van der Waals surface area contributed by atoms with Crippen molar-refractivity contribution in [3.63, 3.8) is 0 Å². The van der Waals surface area contributed by atoms with Crippen LogP contribution in [0, 0.1) is 22.6 Å². The Hall–Kier alpha value is -4.37. The Morgan fingerprint density at radius 1 is 1.29 bits per heavy atom. The number of benzene rings is 1. The van der Waals surface area contributed by atoms with Crippen LogP contribution in [0.5, 0.6) is 5.88 Å². The van der Waals surface area contributed by atoms with Crippen molar-refractivity contribution in [1.82, 2.24) is 24.4 Å².